The molecule has 1 aromatic rings. The molecule has 2 rings (SSSR count). The second-order valence-electron chi connectivity index (χ2n) is 8.14. The third kappa shape index (κ3) is 7.06. The minimum absolute atomic E-state index is 0.0203. The molecule has 1 saturated heterocycles. The normalized spacial score (nSPS) is 24.8. The number of hydrogen-bond donors (Lipinski definition) is 2. The molecule has 1 unspecified atom stereocenters. The summed E-state index contributed by atoms with van der Waals surface area (Å²) in [4.78, 5) is 28.0. The lowest BCUT2D eigenvalue weighted by atomic mass is 9.90. The summed E-state index contributed by atoms with van der Waals surface area (Å²) in [6.07, 6.45) is 0.276. The van der Waals surface area contributed by atoms with Gasteiger partial charge in [0.1, 0.15) is 11.7 Å². The van der Waals surface area contributed by atoms with E-state index in [2.05, 4.69) is 4.98 Å². The Morgan fingerprint density at radius 1 is 1.28 bits per heavy atom. The molecule has 162 valence electrons. The van der Waals surface area contributed by atoms with E-state index in [0.717, 1.165) is 0 Å². The van der Waals surface area contributed by atoms with E-state index in [4.69, 9.17) is 14.2 Å². The summed E-state index contributed by atoms with van der Waals surface area (Å²) in [7, 11) is 0. The Kier molecular flexibility index (Phi) is 8.13. The summed E-state index contributed by atoms with van der Waals surface area (Å²) in [5, 5.41) is 20.6. The van der Waals surface area contributed by atoms with Gasteiger partial charge in [-0.05, 0) is 51.3 Å². The molecule has 0 bridgehead atoms. The number of nitrogens with zero attached hydrogens (tertiary/aromatic N) is 1. The maximum atomic E-state index is 12.3. The highest BCUT2D eigenvalue weighted by atomic mass is 16.6. The average Bonchev–Trinajstić information content (AvgIpc) is 2.62. The zero-order chi connectivity index (χ0) is 21.6. The Labute approximate surface area is 171 Å². The van der Waals surface area contributed by atoms with Gasteiger partial charge >= 0.3 is 11.9 Å². The summed E-state index contributed by atoms with van der Waals surface area (Å²) >= 11 is 0. The zero-order valence-corrected chi connectivity index (χ0v) is 17.5. The fourth-order valence-electron chi connectivity index (χ4n) is 3.32. The largest absolute Gasteiger partial charge is 0.466 e. The van der Waals surface area contributed by atoms with Crippen molar-refractivity contribution in [3.8, 4) is 0 Å². The van der Waals surface area contributed by atoms with Crippen LogP contribution in [0.25, 0.3) is 0 Å². The lowest BCUT2D eigenvalue weighted by Crippen LogP contribution is -2.46. The predicted octanol–water partition coefficient (Wildman–Crippen LogP) is 1.86. The number of carbonyl (C=O) groups is 2. The van der Waals surface area contributed by atoms with E-state index in [1.54, 1.807) is 46.2 Å². The van der Waals surface area contributed by atoms with Gasteiger partial charge in [-0.3, -0.25) is 14.6 Å². The van der Waals surface area contributed by atoms with Gasteiger partial charge in [0.05, 0.1) is 31.3 Å². The lowest BCUT2D eigenvalue weighted by Gasteiger charge is -2.38. The first-order valence-corrected chi connectivity index (χ1v) is 9.92. The molecule has 1 fully saturated rings. The molecule has 4 atom stereocenters. The van der Waals surface area contributed by atoms with E-state index < -0.39 is 30.0 Å². The number of aliphatic hydroxyl groups excluding tert-OH is 2. The van der Waals surface area contributed by atoms with Crippen LogP contribution in [0, 0.1) is 0 Å². The molecular formula is C21H31NO7. The van der Waals surface area contributed by atoms with Crippen LogP contribution in [0.2, 0.25) is 0 Å². The smallest absolute Gasteiger partial charge is 0.310 e. The van der Waals surface area contributed by atoms with E-state index >= 15 is 0 Å². The van der Waals surface area contributed by atoms with Gasteiger partial charge in [0.2, 0.25) is 0 Å². The number of pyridine rings is 1. The molecule has 2 heterocycles. The molecule has 29 heavy (non-hydrogen) atoms. The topological polar surface area (TPSA) is 115 Å². The molecule has 0 aliphatic carbocycles. The van der Waals surface area contributed by atoms with Crippen LogP contribution in [0.5, 0.6) is 0 Å². The van der Waals surface area contributed by atoms with Gasteiger partial charge in [0.15, 0.2) is 0 Å². The Morgan fingerprint density at radius 3 is 2.66 bits per heavy atom. The van der Waals surface area contributed by atoms with Crippen molar-refractivity contribution in [3.05, 3.63) is 29.6 Å². The Morgan fingerprint density at radius 2 is 2.00 bits per heavy atom. The summed E-state index contributed by atoms with van der Waals surface area (Å²) in [5.74, 6) is -0.767. The van der Waals surface area contributed by atoms with E-state index in [1.165, 1.54) is 0 Å². The summed E-state index contributed by atoms with van der Waals surface area (Å²) in [5.41, 5.74) is 0.747. The first-order chi connectivity index (χ1) is 13.6. The highest BCUT2D eigenvalue weighted by Gasteiger charge is 2.38. The number of ether oxygens (including phenoxy) is 3. The van der Waals surface area contributed by atoms with Crippen molar-refractivity contribution in [1.82, 2.24) is 4.98 Å². The fraction of sp³-hybridized carbons (Fsp3) is 0.667. The Hall–Kier alpha value is -2.03. The molecule has 2 N–H and O–H groups in total. The number of aliphatic hydroxyl groups is 2. The lowest BCUT2D eigenvalue weighted by molar-refractivity contribution is -0.175. The van der Waals surface area contributed by atoms with Crippen molar-refractivity contribution < 1.29 is 34.0 Å². The maximum Gasteiger partial charge on any atom is 0.310 e. The fourth-order valence-corrected chi connectivity index (χ4v) is 3.32. The molecule has 1 aromatic heterocycles. The molecule has 0 amide bonds. The standard InChI is InChI=1S/C21H31NO7/c1-5-27-18(24)7-6-16-20(26)15(23)11-17(28-16)14-8-9-22-12-13(14)10-19(25)29-21(2,3)4/h8-9,12,15-17,20,23,26H,5-7,10-11H2,1-4H3/t15-,16-,17?,20+/m1/s1. The second kappa shape index (κ2) is 10.1. The van der Waals surface area contributed by atoms with Crippen LogP contribution in [0.3, 0.4) is 0 Å². The van der Waals surface area contributed by atoms with Gasteiger partial charge in [-0.25, -0.2) is 0 Å². The first-order valence-electron chi connectivity index (χ1n) is 9.92. The molecular weight excluding hydrogens is 378 g/mol. The third-order valence-corrected chi connectivity index (χ3v) is 4.55. The minimum atomic E-state index is -1.10. The number of carbonyl (C=O) groups excluding carboxylic acids is 2. The van der Waals surface area contributed by atoms with Crippen molar-refractivity contribution in [2.45, 2.75) is 83.4 Å². The van der Waals surface area contributed by atoms with Crippen molar-refractivity contribution >= 4 is 11.9 Å². The zero-order valence-electron chi connectivity index (χ0n) is 17.5. The van der Waals surface area contributed by atoms with Crippen molar-refractivity contribution in [2.75, 3.05) is 6.61 Å². The van der Waals surface area contributed by atoms with Crippen LogP contribution in [0.4, 0.5) is 0 Å². The van der Waals surface area contributed by atoms with E-state index in [-0.39, 0.29) is 44.2 Å². The highest BCUT2D eigenvalue weighted by molar-refractivity contribution is 5.73. The van der Waals surface area contributed by atoms with Crippen LogP contribution in [0.15, 0.2) is 18.5 Å². The van der Waals surface area contributed by atoms with Crippen LogP contribution in [0.1, 0.15) is 64.2 Å². The van der Waals surface area contributed by atoms with Crippen molar-refractivity contribution in [1.29, 1.82) is 0 Å². The minimum Gasteiger partial charge on any atom is -0.466 e. The Bertz CT molecular complexity index is 701. The van der Waals surface area contributed by atoms with Gasteiger partial charge in [-0.2, -0.15) is 0 Å². The van der Waals surface area contributed by atoms with E-state index in [0.29, 0.717) is 11.1 Å². The molecule has 0 saturated carbocycles. The van der Waals surface area contributed by atoms with Crippen LogP contribution in [-0.2, 0) is 30.2 Å². The summed E-state index contributed by atoms with van der Waals surface area (Å²) in [6, 6.07) is 1.73. The first kappa shape index (κ1) is 23.3. The SMILES string of the molecule is CCOC(=O)CC[C@H]1OC(c2ccncc2CC(=O)OC(C)(C)C)C[C@@H](O)[C@@H]1O. The number of hydrogen-bond acceptors (Lipinski definition) is 8. The van der Waals surface area contributed by atoms with Crippen molar-refractivity contribution in [3.63, 3.8) is 0 Å². The number of esters is 2. The Balaban J connectivity index is 2.12. The second-order valence-corrected chi connectivity index (χ2v) is 8.14. The molecule has 0 spiro atoms. The number of aromatic nitrogens is 1. The van der Waals surface area contributed by atoms with E-state index in [9.17, 15) is 19.8 Å². The van der Waals surface area contributed by atoms with Crippen molar-refractivity contribution in [2.24, 2.45) is 0 Å². The van der Waals surface area contributed by atoms with Gasteiger partial charge in [0.25, 0.3) is 0 Å². The molecule has 1 aliphatic rings. The summed E-state index contributed by atoms with van der Waals surface area (Å²) in [6.45, 7) is 7.39. The van der Waals surface area contributed by atoms with Gasteiger partial charge < -0.3 is 24.4 Å². The average molecular weight is 409 g/mol. The monoisotopic (exact) mass is 409 g/mol. The molecule has 8 nitrogen and oxygen atoms in total. The molecule has 8 heteroatoms. The van der Waals surface area contributed by atoms with E-state index in [1.807, 2.05) is 0 Å². The van der Waals surface area contributed by atoms with Crippen LogP contribution >= 0.6 is 0 Å². The van der Waals surface area contributed by atoms with Crippen LogP contribution < -0.4 is 0 Å². The van der Waals surface area contributed by atoms with Gasteiger partial charge in [-0.15, -0.1) is 0 Å². The van der Waals surface area contributed by atoms with Gasteiger partial charge in [0, 0.05) is 25.2 Å². The summed E-state index contributed by atoms with van der Waals surface area (Å²) < 4.78 is 16.3. The molecule has 0 radical (unpaired) electrons. The number of rotatable bonds is 7. The third-order valence-electron chi connectivity index (χ3n) is 4.55. The molecule has 0 aromatic carbocycles. The van der Waals surface area contributed by atoms with Crippen LogP contribution in [-0.4, -0.2) is 57.7 Å². The van der Waals surface area contributed by atoms with Gasteiger partial charge in [-0.1, -0.05) is 0 Å². The highest BCUT2D eigenvalue weighted by Crippen LogP contribution is 2.35. The predicted molar refractivity (Wildman–Crippen MR) is 104 cm³/mol. The molecule has 1 aliphatic heterocycles. The maximum absolute atomic E-state index is 12.3. The quantitative estimate of drug-likeness (QED) is 0.656.